The lowest BCUT2D eigenvalue weighted by atomic mass is 9.60. The van der Waals surface area contributed by atoms with Crippen LogP contribution >= 0.6 is 11.6 Å². The van der Waals surface area contributed by atoms with E-state index in [-0.39, 0.29) is 29.2 Å². The van der Waals surface area contributed by atoms with Gasteiger partial charge in [-0.1, -0.05) is 17.7 Å². The number of ether oxygens (including phenoxy) is 1. The number of amides is 2. The second kappa shape index (κ2) is 9.00. The van der Waals surface area contributed by atoms with Gasteiger partial charge in [0.2, 0.25) is 0 Å². The number of nitriles is 1. The van der Waals surface area contributed by atoms with Crippen LogP contribution < -0.4 is 15.4 Å². The molecule has 9 heteroatoms. The van der Waals surface area contributed by atoms with E-state index in [1.165, 1.54) is 18.2 Å². The summed E-state index contributed by atoms with van der Waals surface area (Å²) in [7, 11) is 0. The van der Waals surface area contributed by atoms with E-state index in [0.29, 0.717) is 43.2 Å². The SMILES string of the molecule is N#Cc1cccc(C(=O)NC23CCC(NC(=O)COc4ccc(Cl)c(F)c4)(CC2)CC3O)c1. The first-order valence-corrected chi connectivity index (χ1v) is 11.0. The summed E-state index contributed by atoms with van der Waals surface area (Å²) in [6, 6.07) is 12.4. The van der Waals surface area contributed by atoms with Gasteiger partial charge in [0.1, 0.15) is 11.6 Å². The molecule has 0 spiro atoms. The average molecular weight is 472 g/mol. The molecule has 3 fully saturated rings. The summed E-state index contributed by atoms with van der Waals surface area (Å²) < 4.78 is 18.9. The number of fused-ring (bicyclic) bond motifs is 3. The van der Waals surface area contributed by atoms with Crippen LogP contribution in [0.1, 0.15) is 48.0 Å². The number of nitrogens with one attached hydrogen (secondary N) is 2. The zero-order chi connectivity index (χ0) is 23.6. The Labute approximate surface area is 195 Å². The number of halogens is 2. The van der Waals surface area contributed by atoms with Crippen molar-refractivity contribution in [2.24, 2.45) is 0 Å². The van der Waals surface area contributed by atoms with Crippen molar-refractivity contribution in [2.75, 3.05) is 6.61 Å². The van der Waals surface area contributed by atoms with Gasteiger partial charge in [0, 0.05) is 17.2 Å². The lowest BCUT2D eigenvalue weighted by molar-refractivity contribution is -0.129. The number of carbonyl (C=O) groups is 2. The van der Waals surface area contributed by atoms with Gasteiger partial charge in [0.15, 0.2) is 6.61 Å². The van der Waals surface area contributed by atoms with Crippen molar-refractivity contribution < 1.29 is 23.8 Å². The van der Waals surface area contributed by atoms with Crippen LogP contribution in [-0.2, 0) is 4.79 Å². The zero-order valence-corrected chi connectivity index (χ0v) is 18.5. The normalized spacial score (nSPS) is 25.7. The monoisotopic (exact) mass is 471 g/mol. The molecule has 0 aromatic heterocycles. The lowest BCUT2D eigenvalue weighted by Gasteiger charge is -2.56. The zero-order valence-electron chi connectivity index (χ0n) is 17.7. The van der Waals surface area contributed by atoms with Crippen molar-refractivity contribution in [2.45, 2.75) is 49.3 Å². The molecule has 1 unspecified atom stereocenters. The van der Waals surface area contributed by atoms with Crippen molar-refractivity contribution in [3.8, 4) is 11.8 Å². The summed E-state index contributed by atoms with van der Waals surface area (Å²) in [5.74, 6) is -1.15. The maximum atomic E-state index is 13.5. The summed E-state index contributed by atoms with van der Waals surface area (Å²) >= 11 is 5.65. The number of rotatable bonds is 6. The Morgan fingerprint density at radius 2 is 1.94 bits per heavy atom. The van der Waals surface area contributed by atoms with Gasteiger partial charge in [-0.05, 0) is 62.4 Å². The van der Waals surface area contributed by atoms with E-state index in [4.69, 9.17) is 21.6 Å². The molecule has 1 atom stereocenters. The van der Waals surface area contributed by atoms with Crippen LogP contribution in [0.15, 0.2) is 42.5 Å². The maximum absolute atomic E-state index is 13.5. The fourth-order valence-electron chi connectivity index (χ4n) is 4.74. The molecule has 0 heterocycles. The predicted molar refractivity (Wildman–Crippen MR) is 118 cm³/mol. The van der Waals surface area contributed by atoms with E-state index in [1.807, 2.05) is 6.07 Å². The maximum Gasteiger partial charge on any atom is 0.258 e. The van der Waals surface area contributed by atoms with Crippen molar-refractivity contribution in [1.29, 1.82) is 5.26 Å². The molecule has 3 N–H and O–H groups in total. The summed E-state index contributed by atoms with van der Waals surface area (Å²) in [5.41, 5.74) is -0.609. The fraction of sp³-hybridized carbons (Fsp3) is 0.375. The van der Waals surface area contributed by atoms with Gasteiger partial charge in [-0.2, -0.15) is 5.26 Å². The van der Waals surface area contributed by atoms with Crippen molar-refractivity contribution in [3.05, 3.63) is 64.4 Å². The highest BCUT2D eigenvalue weighted by atomic mass is 35.5. The second-order valence-electron chi connectivity index (χ2n) is 8.72. The minimum atomic E-state index is -0.838. The number of carbonyl (C=O) groups excluding carboxylic acids is 2. The van der Waals surface area contributed by atoms with Gasteiger partial charge in [0.05, 0.1) is 28.3 Å². The molecule has 2 aromatic rings. The molecule has 5 rings (SSSR count). The highest BCUT2D eigenvalue weighted by molar-refractivity contribution is 6.30. The summed E-state index contributed by atoms with van der Waals surface area (Å²) in [6.45, 7) is -0.296. The largest absolute Gasteiger partial charge is 0.484 e. The average Bonchev–Trinajstić information content (AvgIpc) is 2.81. The highest BCUT2D eigenvalue weighted by Gasteiger charge is 2.55. The van der Waals surface area contributed by atoms with Gasteiger partial charge in [-0.15, -0.1) is 0 Å². The molecule has 3 saturated carbocycles. The van der Waals surface area contributed by atoms with E-state index in [2.05, 4.69) is 10.6 Å². The topological polar surface area (TPSA) is 111 Å². The number of hydrogen-bond donors (Lipinski definition) is 3. The Morgan fingerprint density at radius 1 is 1.18 bits per heavy atom. The third-order valence-corrected chi connectivity index (χ3v) is 6.91. The number of hydrogen-bond acceptors (Lipinski definition) is 5. The minimum Gasteiger partial charge on any atom is -0.484 e. The molecular weight excluding hydrogens is 449 g/mol. The van der Waals surface area contributed by atoms with E-state index < -0.39 is 23.0 Å². The molecule has 2 amide bonds. The number of aliphatic hydroxyl groups is 1. The van der Waals surface area contributed by atoms with Gasteiger partial charge >= 0.3 is 0 Å². The summed E-state index contributed by atoms with van der Waals surface area (Å²) in [5, 5.41) is 25.9. The van der Waals surface area contributed by atoms with Crippen LogP contribution in [0.5, 0.6) is 5.75 Å². The molecule has 3 aliphatic carbocycles. The molecule has 33 heavy (non-hydrogen) atoms. The van der Waals surface area contributed by atoms with Crippen LogP contribution in [0.4, 0.5) is 4.39 Å². The van der Waals surface area contributed by atoms with Gasteiger partial charge in [-0.25, -0.2) is 4.39 Å². The minimum absolute atomic E-state index is 0.0302. The van der Waals surface area contributed by atoms with Gasteiger partial charge in [-0.3, -0.25) is 9.59 Å². The second-order valence-corrected chi connectivity index (χ2v) is 9.12. The molecule has 7 nitrogen and oxygen atoms in total. The lowest BCUT2D eigenvalue weighted by Crippen LogP contribution is -2.70. The first-order valence-electron chi connectivity index (χ1n) is 10.6. The molecule has 172 valence electrons. The number of nitrogens with zero attached hydrogens (tertiary/aromatic N) is 1. The Balaban J connectivity index is 1.35. The van der Waals surface area contributed by atoms with Crippen molar-refractivity contribution >= 4 is 23.4 Å². The molecule has 0 aliphatic heterocycles. The Kier molecular flexibility index (Phi) is 6.28. The van der Waals surface area contributed by atoms with Crippen molar-refractivity contribution in [3.63, 3.8) is 0 Å². The third-order valence-electron chi connectivity index (χ3n) is 6.60. The number of benzene rings is 2. The first-order chi connectivity index (χ1) is 15.7. The summed E-state index contributed by atoms with van der Waals surface area (Å²) in [4.78, 5) is 25.3. The summed E-state index contributed by atoms with van der Waals surface area (Å²) in [6.07, 6.45) is 1.64. The van der Waals surface area contributed by atoms with E-state index in [0.717, 1.165) is 6.07 Å². The predicted octanol–water partition coefficient (Wildman–Crippen LogP) is 3.09. The first kappa shape index (κ1) is 23.0. The smallest absolute Gasteiger partial charge is 0.258 e. The molecule has 0 saturated heterocycles. The molecule has 0 radical (unpaired) electrons. The highest BCUT2D eigenvalue weighted by Crippen LogP contribution is 2.47. The Morgan fingerprint density at radius 3 is 2.61 bits per heavy atom. The molecular formula is C24H23ClFN3O4. The van der Waals surface area contributed by atoms with Crippen LogP contribution in [-0.4, -0.2) is 40.7 Å². The van der Waals surface area contributed by atoms with Crippen molar-refractivity contribution in [1.82, 2.24) is 10.6 Å². The number of aliphatic hydroxyl groups excluding tert-OH is 1. The Hall–Kier alpha value is -3.15. The molecule has 2 bridgehead atoms. The third kappa shape index (κ3) is 4.80. The van der Waals surface area contributed by atoms with Gasteiger partial charge in [0.25, 0.3) is 11.8 Å². The van der Waals surface area contributed by atoms with Crippen LogP contribution in [0.3, 0.4) is 0 Å². The van der Waals surface area contributed by atoms with E-state index in [1.54, 1.807) is 18.2 Å². The van der Waals surface area contributed by atoms with Gasteiger partial charge < -0.3 is 20.5 Å². The van der Waals surface area contributed by atoms with Crippen LogP contribution in [0.2, 0.25) is 5.02 Å². The van der Waals surface area contributed by atoms with Crippen LogP contribution in [0.25, 0.3) is 0 Å². The fourth-order valence-corrected chi connectivity index (χ4v) is 4.85. The van der Waals surface area contributed by atoms with E-state index >= 15 is 0 Å². The van der Waals surface area contributed by atoms with E-state index in [9.17, 15) is 19.1 Å². The quantitative estimate of drug-likeness (QED) is 0.599. The molecule has 3 aliphatic rings. The standard InChI is InChI=1S/C24H23ClFN3O4/c25-18-5-4-17(11-19(18)26)33-14-21(31)28-23-6-8-24(9-7-23,20(30)12-23)29-22(32)16-3-1-2-15(10-16)13-27/h1-5,10-11,20,30H,6-9,12,14H2,(H,28,31)(H,29,32). The van der Waals surface area contributed by atoms with Crippen LogP contribution in [0, 0.1) is 17.1 Å². The Bertz CT molecular complexity index is 1120. The molecule has 2 aromatic carbocycles.